The predicted octanol–water partition coefficient (Wildman–Crippen LogP) is 4.03. The minimum Gasteiger partial charge on any atom is -0.351 e. The normalized spacial score (nSPS) is 14.4. The van der Waals surface area contributed by atoms with E-state index in [1.54, 1.807) is 12.4 Å². The Morgan fingerprint density at radius 3 is 2.28 bits per heavy atom. The van der Waals surface area contributed by atoms with Crippen LogP contribution >= 0.6 is 0 Å². The summed E-state index contributed by atoms with van der Waals surface area (Å²) in [6.45, 7) is 0. The molecule has 126 valence electrons. The largest absolute Gasteiger partial charge is 0.351 e. The number of rotatable bonds is 5. The Labute approximate surface area is 146 Å². The fourth-order valence-electron chi connectivity index (χ4n) is 3.03. The number of pyridine rings is 1. The summed E-state index contributed by atoms with van der Waals surface area (Å²) in [5, 5.41) is 6.70. The molecular weight excluding hydrogens is 312 g/mol. The first-order valence-corrected chi connectivity index (χ1v) is 8.62. The fraction of sp³-hybridized carbons (Fsp3) is 0.263. The van der Waals surface area contributed by atoms with E-state index in [1.807, 2.05) is 42.5 Å². The third kappa shape index (κ3) is 3.91. The van der Waals surface area contributed by atoms with Crippen LogP contribution in [0.4, 0.5) is 17.6 Å². The van der Waals surface area contributed by atoms with Crippen LogP contribution in [-0.4, -0.2) is 26.0 Å². The zero-order valence-corrected chi connectivity index (χ0v) is 13.9. The van der Waals surface area contributed by atoms with E-state index >= 15 is 0 Å². The second-order valence-corrected chi connectivity index (χ2v) is 6.16. The molecule has 0 saturated heterocycles. The summed E-state index contributed by atoms with van der Waals surface area (Å²) in [5.74, 6) is 1.81. The highest BCUT2D eigenvalue weighted by Crippen LogP contribution is 2.24. The quantitative estimate of drug-likeness (QED) is 0.734. The van der Waals surface area contributed by atoms with Crippen LogP contribution in [0.15, 0.2) is 54.9 Å². The number of nitrogens with one attached hydrogen (secondary N) is 2. The van der Waals surface area contributed by atoms with Crippen molar-refractivity contribution in [2.75, 3.05) is 10.6 Å². The lowest BCUT2D eigenvalue weighted by molar-refractivity contribution is 0.743. The van der Waals surface area contributed by atoms with Crippen LogP contribution in [0.5, 0.6) is 0 Å². The van der Waals surface area contributed by atoms with E-state index in [1.165, 1.54) is 25.7 Å². The molecule has 1 fully saturated rings. The highest BCUT2D eigenvalue weighted by molar-refractivity contribution is 5.60. The average molecular weight is 332 g/mol. The van der Waals surface area contributed by atoms with E-state index in [-0.39, 0.29) is 0 Å². The van der Waals surface area contributed by atoms with Gasteiger partial charge in [-0.25, -0.2) is 0 Å². The summed E-state index contributed by atoms with van der Waals surface area (Å²) < 4.78 is 0. The third-order valence-corrected chi connectivity index (χ3v) is 4.29. The third-order valence-electron chi connectivity index (χ3n) is 4.29. The van der Waals surface area contributed by atoms with Crippen LogP contribution in [0.1, 0.15) is 25.7 Å². The minimum absolute atomic E-state index is 0.444. The molecule has 0 amide bonds. The van der Waals surface area contributed by atoms with Crippen molar-refractivity contribution in [3.63, 3.8) is 0 Å². The number of anilines is 3. The van der Waals surface area contributed by atoms with Gasteiger partial charge in [-0.15, -0.1) is 0 Å². The molecule has 1 aliphatic carbocycles. The van der Waals surface area contributed by atoms with Crippen LogP contribution < -0.4 is 10.6 Å². The van der Waals surface area contributed by atoms with Crippen molar-refractivity contribution in [2.45, 2.75) is 31.7 Å². The molecular formula is C19H20N6. The molecule has 0 unspecified atom stereocenters. The first-order valence-electron chi connectivity index (χ1n) is 8.62. The molecule has 4 rings (SSSR count). The maximum absolute atomic E-state index is 4.62. The van der Waals surface area contributed by atoms with E-state index in [4.69, 9.17) is 0 Å². The topological polar surface area (TPSA) is 75.6 Å². The van der Waals surface area contributed by atoms with Gasteiger partial charge in [0.25, 0.3) is 0 Å². The Kier molecular flexibility index (Phi) is 4.50. The molecule has 2 N–H and O–H groups in total. The molecule has 0 aliphatic heterocycles. The van der Waals surface area contributed by atoms with Gasteiger partial charge in [-0.1, -0.05) is 43.2 Å². The van der Waals surface area contributed by atoms with Crippen LogP contribution in [0.2, 0.25) is 0 Å². The fourth-order valence-corrected chi connectivity index (χ4v) is 3.03. The first kappa shape index (κ1) is 15.5. The van der Waals surface area contributed by atoms with E-state index in [9.17, 15) is 0 Å². The van der Waals surface area contributed by atoms with Crippen molar-refractivity contribution < 1.29 is 0 Å². The van der Waals surface area contributed by atoms with Crippen molar-refractivity contribution in [3.8, 4) is 11.4 Å². The minimum atomic E-state index is 0.444. The Morgan fingerprint density at radius 1 is 0.800 bits per heavy atom. The molecule has 1 saturated carbocycles. The zero-order chi connectivity index (χ0) is 16.9. The SMILES string of the molecule is c1ccc(-c2nc(Nc3ccncc3)nc(NC3CCCC3)n2)cc1. The van der Waals surface area contributed by atoms with E-state index in [0.717, 1.165) is 11.3 Å². The lowest BCUT2D eigenvalue weighted by Gasteiger charge is -2.14. The van der Waals surface area contributed by atoms with Gasteiger partial charge in [-0.2, -0.15) is 15.0 Å². The summed E-state index contributed by atoms with van der Waals surface area (Å²) in [6.07, 6.45) is 8.32. The molecule has 6 nitrogen and oxygen atoms in total. The van der Waals surface area contributed by atoms with Gasteiger partial charge >= 0.3 is 0 Å². The lowest BCUT2D eigenvalue weighted by atomic mass is 10.2. The summed E-state index contributed by atoms with van der Waals surface area (Å²) in [7, 11) is 0. The number of nitrogens with zero attached hydrogens (tertiary/aromatic N) is 4. The summed E-state index contributed by atoms with van der Waals surface area (Å²) in [4.78, 5) is 17.8. The zero-order valence-electron chi connectivity index (χ0n) is 13.9. The van der Waals surface area contributed by atoms with E-state index < -0.39 is 0 Å². The van der Waals surface area contributed by atoms with Gasteiger partial charge in [-0.05, 0) is 25.0 Å². The predicted molar refractivity (Wildman–Crippen MR) is 98.7 cm³/mol. The molecule has 0 radical (unpaired) electrons. The number of benzene rings is 1. The van der Waals surface area contributed by atoms with Crippen molar-refractivity contribution in [1.29, 1.82) is 0 Å². The number of aromatic nitrogens is 4. The van der Waals surface area contributed by atoms with Crippen molar-refractivity contribution in [2.24, 2.45) is 0 Å². The highest BCUT2D eigenvalue weighted by Gasteiger charge is 2.17. The van der Waals surface area contributed by atoms with Crippen molar-refractivity contribution >= 4 is 17.6 Å². The van der Waals surface area contributed by atoms with Crippen LogP contribution in [0.3, 0.4) is 0 Å². The van der Waals surface area contributed by atoms with Gasteiger partial charge in [-0.3, -0.25) is 4.98 Å². The molecule has 0 atom stereocenters. The molecule has 25 heavy (non-hydrogen) atoms. The van der Waals surface area contributed by atoms with Gasteiger partial charge in [0.15, 0.2) is 5.82 Å². The Balaban J connectivity index is 1.66. The van der Waals surface area contributed by atoms with Gasteiger partial charge in [0.2, 0.25) is 11.9 Å². The molecule has 2 heterocycles. The molecule has 0 spiro atoms. The summed E-state index contributed by atoms with van der Waals surface area (Å²) >= 11 is 0. The summed E-state index contributed by atoms with van der Waals surface area (Å²) in [5.41, 5.74) is 1.86. The lowest BCUT2D eigenvalue weighted by Crippen LogP contribution is -2.17. The van der Waals surface area contributed by atoms with Crippen molar-refractivity contribution in [3.05, 3.63) is 54.9 Å². The highest BCUT2D eigenvalue weighted by atomic mass is 15.2. The van der Waals surface area contributed by atoms with Gasteiger partial charge in [0.05, 0.1) is 0 Å². The number of hydrogen-bond acceptors (Lipinski definition) is 6. The second-order valence-electron chi connectivity index (χ2n) is 6.16. The van der Waals surface area contributed by atoms with Gasteiger partial charge < -0.3 is 10.6 Å². The molecule has 0 bridgehead atoms. The maximum Gasteiger partial charge on any atom is 0.232 e. The van der Waals surface area contributed by atoms with Gasteiger partial charge in [0, 0.05) is 29.7 Å². The smallest absolute Gasteiger partial charge is 0.232 e. The second kappa shape index (κ2) is 7.25. The first-order chi connectivity index (χ1) is 12.4. The monoisotopic (exact) mass is 332 g/mol. The Bertz CT molecular complexity index is 816. The van der Waals surface area contributed by atoms with E-state index in [0.29, 0.717) is 23.8 Å². The van der Waals surface area contributed by atoms with Crippen LogP contribution in [0, 0.1) is 0 Å². The van der Waals surface area contributed by atoms with Crippen LogP contribution in [-0.2, 0) is 0 Å². The molecule has 1 aromatic carbocycles. The summed E-state index contributed by atoms with van der Waals surface area (Å²) in [6, 6.07) is 14.2. The number of hydrogen-bond donors (Lipinski definition) is 2. The Hall–Kier alpha value is -3.02. The molecule has 2 aromatic heterocycles. The standard InChI is InChI=1S/C19H20N6/c1-2-6-14(7-3-1)17-23-18(21-15-8-4-5-9-15)25-19(24-17)22-16-10-12-20-13-11-16/h1-3,6-7,10-13,15H,4-5,8-9H2,(H2,20,21,22,23,24,25). The molecule has 1 aliphatic rings. The maximum atomic E-state index is 4.62. The van der Waals surface area contributed by atoms with E-state index in [2.05, 4.69) is 30.6 Å². The molecule has 6 heteroatoms. The Morgan fingerprint density at radius 2 is 1.52 bits per heavy atom. The van der Waals surface area contributed by atoms with Crippen molar-refractivity contribution in [1.82, 2.24) is 19.9 Å². The average Bonchev–Trinajstić information content (AvgIpc) is 3.16. The molecule has 3 aromatic rings. The van der Waals surface area contributed by atoms with Gasteiger partial charge in [0.1, 0.15) is 0 Å². The van der Waals surface area contributed by atoms with Crippen LogP contribution in [0.25, 0.3) is 11.4 Å².